The highest BCUT2D eigenvalue weighted by Gasteiger charge is 2.27. The van der Waals surface area contributed by atoms with Gasteiger partial charge >= 0.3 is 6.18 Å². The van der Waals surface area contributed by atoms with Gasteiger partial charge in [-0.2, -0.15) is 18.3 Å². The quantitative estimate of drug-likeness (QED) is 0.367. The first-order valence-corrected chi connectivity index (χ1v) is 11.5. The molecule has 0 bridgehead atoms. The van der Waals surface area contributed by atoms with Crippen LogP contribution in [0.4, 0.5) is 19.0 Å². The molecule has 6 rings (SSSR count). The minimum absolute atomic E-state index is 0.0394. The van der Waals surface area contributed by atoms with Gasteiger partial charge in [0.25, 0.3) is 5.56 Å². The number of hydrogen-bond acceptors (Lipinski definition) is 5. The van der Waals surface area contributed by atoms with Crippen molar-refractivity contribution < 1.29 is 13.2 Å². The van der Waals surface area contributed by atoms with E-state index in [1.165, 1.54) is 10.6 Å². The largest absolute Gasteiger partial charge is 0.405 e. The Balaban J connectivity index is 1.54. The van der Waals surface area contributed by atoms with Gasteiger partial charge in [-0.25, -0.2) is 4.98 Å². The zero-order valence-electron chi connectivity index (χ0n) is 19.3. The average molecular weight is 490 g/mol. The molecule has 1 aliphatic rings. The van der Waals surface area contributed by atoms with Crippen LogP contribution >= 0.6 is 0 Å². The molecule has 0 radical (unpaired) electrons. The predicted octanol–water partition coefficient (Wildman–Crippen LogP) is 5.19. The Labute approximate surface area is 203 Å². The molecule has 1 saturated carbocycles. The van der Waals surface area contributed by atoms with Crippen molar-refractivity contribution in [3.8, 4) is 16.8 Å². The second-order valence-corrected chi connectivity index (χ2v) is 9.07. The molecule has 7 nitrogen and oxygen atoms in total. The van der Waals surface area contributed by atoms with Crippen LogP contribution in [-0.4, -0.2) is 37.0 Å². The van der Waals surface area contributed by atoms with Gasteiger partial charge in [-0.15, -0.1) is 0 Å². The van der Waals surface area contributed by atoms with Gasteiger partial charge in [-0.1, -0.05) is 6.07 Å². The number of anilines is 1. The van der Waals surface area contributed by atoms with Crippen molar-refractivity contribution in [3.63, 3.8) is 0 Å². The van der Waals surface area contributed by atoms with Crippen molar-refractivity contribution in [2.75, 3.05) is 11.9 Å². The lowest BCUT2D eigenvalue weighted by Crippen LogP contribution is -2.22. The number of aromatic nitrogens is 5. The fourth-order valence-electron chi connectivity index (χ4n) is 4.40. The summed E-state index contributed by atoms with van der Waals surface area (Å²) in [6.45, 7) is -1.22. The Morgan fingerprint density at radius 1 is 1.06 bits per heavy atom. The maximum atomic E-state index is 13.9. The summed E-state index contributed by atoms with van der Waals surface area (Å²) in [5.74, 6) is 0.489. The smallest absolute Gasteiger partial charge is 0.361 e. The fourth-order valence-corrected chi connectivity index (χ4v) is 4.40. The molecule has 4 heterocycles. The van der Waals surface area contributed by atoms with Crippen LogP contribution in [0.1, 0.15) is 24.5 Å². The SMILES string of the molecule is Cn1cc2cc(-n3cc4ccc(NCC(F)(F)F)nc4c(-c4ccc(C5CC5)nc4)c3=O)ccc2n1. The molecular formula is C26H21F3N6O. The van der Waals surface area contributed by atoms with Gasteiger partial charge in [0.2, 0.25) is 0 Å². The third-order valence-corrected chi connectivity index (χ3v) is 6.29. The summed E-state index contributed by atoms with van der Waals surface area (Å²) in [6.07, 6.45) is 2.98. The fraction of sp³-hybridized carbons (Fsp3) is 0.231. The van der Waals surface area contributed by atoms with Crippen molar-refractivity contribution in [1.82, 2.24) is 24.3 Å². The Hall–Kier alpha value is -4.21. The van der Waals surface area contributed by atoms with E-state index in [1.54, 1.807) is 23.1 Å². The lowest BCUT2D eigenvalue weighted by Gasteiger charge is -2.14. The topological polar surface area (TPSA) is 77.6 Å². The third-order valence-electron chi connectivity index (χ3n) is 6.29. The summed E-state index contributed by atoms with van der Waals surface area (Å²) in [5, 5.41) is 8.18. The van der Waals surface area contributed by atoms with E-state index in [9.17, 15) is 18.0 Å². The van der Waals surface area contributed by atoms with Crippen LogP contribution < -0.4 is 10.9 Å². The zero-order chi connectivity index (χ0) is 25.0. The van der Waals surface area contributed by atoms with Crippen molar-refractivity contribution >= 4 is 27.6 Å². The van der Waals surface area contributed by atoms with Gasteiger partial charge in [-0.3, -0.25) is 19.0 Å². The molecule has 5 aromatic rings. The number of benzene rings is 1. The molecule has 0 amide bonds. The maximum absolute atomic E-state index is 13.9. The Morgan fingerprint density at radius 2 is 1.89 bits per heavy atom. The van der Waals surface area contributed by atoms with E-state index in [4.69, 9.17) is 0 Å². The average Bonchev–Trinajstić information content (AvgIpc) is 3.62. The van der Waals surface area contributed by atoms with Crippen LogP contribution in [0.2, 0.25) is 0 Å². The molecule has 36 heavy (non-hydrogen) atoms. The molecule has 0 unspecified atom stereocenters. The van der Waals surface area contributed by atoms with Crippen LogP contribution in [0.25, 0.3) is 38.6 Å². The first-order chi connectivity index (χ1) is 17.2. The van der Waals surface area contributed by atoms with E-state index in [0.717, 1.165) is 29.4 Å². The lowest BCUT2D eigenvalue weighted by atomic mass is 10.0. The molecule has 0 saturated heterocycles. The second-order valence-electron chi connectivity index (χ2n) is 9.07. The molecule has 182 valence electrons. The first kappa shape index (κ1) is 22.3. The molecule has 1 N–H and O–H groups in total. The van der Waals surface area contributed by atoms with Gasteiger partial charge < -0.3 is 5.32 Å². The summed E-state index contributed by atoms with van der Waals surface area (Å²) in [4.78, 5) is 22.8. The van der Waals surface area contributed by atoms with E-state index in [-0.39, 0.29) is 16.9 Å². The van der Waals surface area contributed by atoms with Gasteiger partial charge in [0.1, 0.15) is 12.4 Å². The number of nitrogens with zero attached hydrogens (tertiary/aromatic N) is 5. The van der Waals surface area contributed by atoms with E-state index in [0.29, 0.717) is 28.1 Å². The Kier molecular flexibility index (Phi) is 5.06. The third kappa shape index (κ3) is 4.19. The maximum Gasteiger partial charge on any atom is 0.405 e. The number of aryl methyl sites for hydroxylation is 1. The molecule has 1 aliphatic carbocycles. The highest BCUT2D eigenvalue weighted by molar-refractivity contribution is 5.94. The molecular weight excluding hydrogens is 469 g/mol. The van der Waals surface area contributed by atoms with Crippen LogP contribution in [-0.2, 0) is 7.05 Å². The molecule has 4 aromatic heterocycles. The Morgan fingerprint density at radius 3 is 2.61 bits per heavy atom. The number of rotatable bonds is 5. The monoisotopic (exact) mass is 490 g/mol. The van der Waals surface area contributed by atoms with Crippen LogP contribution in [0.3, 0.4) is 0 Å². The molecule has 1 fully saturated rings. The Bertz CT molecular complexity index is 1670. The normalized spacial score (nSPS) is 14.0. The van der Waals surface area contributed by atoms with Crippen molar-refractivity contribution in [3.05, 3.63) is 77.1 Å². The standard InChI is InChI=1S/C26H21F3N6O/c1-34-12-18-10-19(6-8-21(18)33-34)35-13-17-5-9-22(31-14-26(27,28)29)32-24(17)23(25(35)36)16-4-7-20(30-11-16)15-2-3-15/h4-13,15H,2-3,14H2,1H3,(H,31,32). The van der Waals surface area contributed by atoms with Crippen molar-refractivity contribution in [1.29, 1.82) is 0 Å². The van der Waals surface area contributed by atoms with E-state index in [2.05, 4.69) is 20.4 Å². The highest BCUT2D eigenvalue weighted by Crippen LogP contribution is 2.39. The lowest BCUT2D eigenvalue weighted by molar-refractivity contribution is -0.115. The summed E-state index contributed by atoms with van der Waals surface area (Å²) in [5.41, 5.74) is 3.24. The van der Waals surface area contributed by atoms with E-state index in [1.807, 2.05) is 43.6 Å². The van der Waals surface area contributed by atoms with Gasteiger partial charge in [0.05, 0.1) is 16.6 Å². The number of alkyl halides is 3. The molecule has 10 heteroatoms. The minimum atomic E-state index is -4.39. The van der Waals surface area contributed by atoms with Crippen LogP contribution in [0.15, 0.2) is 65.8 Å². The molecule has 0 atom stereocenters. The van der Waals surface area contributed by atoms with E-state index < -0.39 is 12.7 Å². The van der Waals surface area contributed by atoms with Crippen LogP contribution in [0.5, 0.6) is 0 Å². The predicted molar refractivity (Wildman–Crippen MR) is 131 cm³/mol. The van der Waals surface area contributed by atoms with Crippen molar-refractivity contribution in [2.24, 2.45) is 7.05 Å². The number of hydrogen-bond donors (Lipinski definition) is 1. The zero-order valence-corrected chi connectivity index (χ0v) is 19.3. The first-order valence-electron chi connectivity index (χ1n) is 11.5. The molecule has 0 aliphatic heterocycles. The highest BCUT2D eigenvalue weighted by atomic mass is 19.4. The molecule has 1 aromatic carbocycles. The number of fused-ring (bicyclic) bond motifs is 2. The van der Waals surface area contributed by atoms with Gasteiger partial charge in [-0.05, 0) is 49.2 Å². The van der Waals surface area contributed by atoms with Gasteiger partial charge in [0.15, 0.2) is 0 Å². The summed E-state index contributed by atoms with van der Waals surface area (Å²) >= 11 is 0. The number of nitrogens with one attached hydrogen (secondary N) is 1. The number of halogens is 3. The van der Waals surface area contributed by atoms with Crippen LogP contribution in [0, 0.1) is 0 Å². The summed E-state index contributed by atoms with van der Waals surface area (Å²) < 4.78 is 41.5. The molecule has 0 spiro atoms. The summed E-state index contributed by atoms with van der Waals surface area (Å²) in [6, 6.07) is 12.4. The van der Waals surface area contributed by atoms with Gasteiger partial charge in [0, 0.05) is 59.3 Å². The minimum Gasteiger partial charge on any atom is -0.361 e. The summed E-state index contributed by atoms with van der Waals surface area (Å²) in [7, 11) is 1.83. The second kappa shape index (κ2) is 8.18. The van der Waals surface area contributed by atoms with E-state index >= 15 is 0 Å². The van der Waals surface area contributed by atoms with Crippen molar-refractivity contribution in [2.45, 2.75) is 24.9 Å². The number of pyridine rings is 3.